The SMILES string of the molecule is C=C/C=c1\c(=C/C)oc2cc(B(O)O)ccc12. The summed E-state index contributed by atoms with van der Waals surface area (Å²) in [7, 11) is -1.48. The second-order valence-electron chi connectivity index (χ2n) is 3.70. The van der Waals surface area contributed by atoms with Crippen molar-refractivity contribution >= 4 is 35.7 Å². The Bertz CT molecular complexity index is 668. The molecule has 0 aliphatic rings. The third-order valence-corrected chi connectivity index (χ3v) is 2.63. The standard InChI is InChI=1S/C13H13BO3/c1-3-5-10-11-7-6-9(14(15)16)8-13(11)17-12(10)4-2/h3-8,15-16H,1H2,2H3/b10-5-,12-4+. The lowest BCUT2D eigenvalue weighted by Crippen LogP contribution is -2.29. The Balaban J connectivity index is 2.84. The van der Waals surface area contributed by atoms with E-state index in [2.05, 4.69) is 6.58 Å². The van der Waals surface area contributed by atoms with E-state index in [1.165, 1.54) is 0 Å². The van der Waals surface area contributed by atoms with Gasteiger partial charge in [-0.15, -0.1) is 0 Å². The number of benzene rings is 1. The third kappa shape index (κ3) is 2.05. The van der Waals surface area contributed by atoms with Crippen molar-refractivity contribution in [2.24, 2.45) is 0 Å². The molecule has 0 atom stereocenters. The lowest BCUT2D eigenvalue weighted by molar-refractivity contribution is 0.425. The summed E-state index contributed by atoms with van der Waals surface area (Å²) in [6.45, 7) is 5.56. The number of hydrogen-bond donors (Lipinski definition) is 2. The van der Waals surface area contributed by atoms with Crippen LogP contribution in [-0.2, 0) is 0 Å². The Kier molecular flexibility index (Phi) is 3.18. The largest absolute Gasteiger partial charge is 0.488 e. The maximum Gasteiger partial charge on any atom is 0.488 e. The smallest absolute Gasteiger partial charge is 0.456 e. The first-order valence-electron chi connectivity index (χ1n) is 5.35. The summed E-state index contributed by atoms with van der Waals surface area (Å²) in [6, 6.07) is 5.12. The molecule has 1 heterocycles. The van der Waals surface area contributed by atoms with Crippen molar-refractivity contribution < 1.29 is 14.5 Å². The second kappa shape index (κ2) is 4.61. The molecule has 0 saturated heterocycles. The van der Waals surface area contributed by atoms with Crippen LogP contribution in [0, 0.1) is 0 Å². The van der Waals surface area contributed by atoms with Gasteiger partial charge in [0.1, 0.15) is 11.0 Å². The van der Waals surface area contributed by atoms with Crippen molar-refractivity contribution in [1.29, 1.82) is 0 Å². The predicted octanol–water partition coefficient (Wildman–Crippen LogP) is -0.121. The average Bonchev–Trinajstić information content (AvgIpc) is 2.67. The molecule has 0 aliphatic carbocycles. The van der Waals surface area contributed by atoms with Crippen LogP contribution in [0.4, 0.5) is 0 Å². The van der Waals surface area contributed by atoms with Crippen LogP contribution in [0.3, 0.4) is 0 Å². The van der Waals surface area contributed by atoms with Gasteiger partial charge in [0.2, 0.25) is 0 Å². The molecule has 0 fully saturated rings. The lowest BCUT2D eigenvalue weighted by Gasteiger charge is -1.97. The van der Waals surface area contributed by atoms with E-state index < -0.39 is 7.12 Å². The van der Waals surface area contributed by atoms with E-state index >= 15 is 0 Å². The maximum absolute atomic E-state index is 9.10. The summed E-state index contributed by atoms with van der Waals surface area (Å²) < 4.78 is 5.63. The number of furan rings is 1. The molecule has 2 aromatic rings. The first-order chi connectivity index (χ1) is 8.17. The average molecular weight is 228 g/mol. The zero-order valence-corrected chi connectivity index (χ0v) is 9.55. The van der Waals surface area contributed by atoms with E-state index in [0.29, 0.717) is 11.0 Å². The fourth-order valence-corrected chi connectivity index (χ4v) is 1.82. The van der Waals surface area contributed by atoms with Gasteiger partial charge in [0, 0.05) is 10.6 Å². The first-order valence-corrected chi connectivity index (χ1v) is 5.35. The van der Waals surface area contributed by atoms with Crippen LogP contribution in [0.25, 0.3) is 23.1 Å². The van der Waals surface area contributed by atoms with Gasteiger partial charge in [-0.05, 0) is 24.5 Å². The van der Waals surface area contributed by atoms with Crippen molar-refractivity contribution in [3.8, 4) is 0 Å². The fraction of sp³-hybridized carbons (Fsp3) is 0.0769. The Morgan fingerprint density at radius 2 is 2.12 bits per heavy atom. The highest BCUT2D eigenvalue weighted by molar-refractivity contribution is 6.58. The molecule has 2 N–H and O–H groups in total. The fourth-order valence-electron chi connectivity index (χ4n) is 1.82. The number of allylic oxidation sites excluding steroid dienone is 1. The molecule has 1 aromatic heterocycles. The predicted molar refractivity (Wildman–Crippen MR) is 70.1 cm³/mol. The van der Waals surface area contributed by atoms with Gasteiger partial charge >= 0.3 is 7.12 Å². The van der Waals surface area contributed by atoms with Crippen molar-refractivity contribution in [2.75, 3.05) is 0 Å². The summed E-state index contributed by atoms with van der Waals surface area (Å²) in [4.78, 5) is 0. The highest BCUT2D eigenvalue weighted by atomic mass is 16.4. The zero-order chi connectivity index (χ0) is 12.4. The number of fused-ring (bicyclic) bond motifs is 1. The third-order valence-electron chi connectivity index (χ3n) is 2.63. The van der Waals surface area contributed by atoms with Crippen molar-refractivity contribution in [1.82, 2.24) is 0 Å². The molecule has 0 spiro atoms. The molecule has 0 bridgehead atoms. The zero-order valence-electron chi connectivity index (χ0n) is 9.55. The van der Waals surface area contributed by atoms with E-state index in [1.807, 2.05) is 25.1 Å². The van der Waals surface area contributed by atoms with Gasteiger partial charge < -0.3 is 14.5 Å². The minimum atomic E-state index is -1.48. The maximum atomic E-state index is 9.10. The van der Waals surface area contributed by atoms with Crippen LogP contribution >= 0.6 is 0 Å². The highest BCUT2D eigenvalue weighted by Crippen LogP contribution is 2.06. The Morgan fingerprint density at radius 3 is 2.71 bits per heavy atom. The normalized spacial score (nSPS) is 13.4. The molecule has 2 rings (SSSR count). The van der Waals surface area contributed by atoms with Gasteiger partial charge in [0.25, 0.3) is 0 Å². The molecule has 1 aromatic carbocycles. The summed E-state index contributed by atoms with van der Waals surface area (Å²) in [6.07, 6.45) is 5.44. The minimum absolute atomic E-state index is 0.416. The number of rotatable bonds is 2. The monoisotopic (exact) mass is 228 g/mol. The lowest BCUT2D eigenvalue weighted by atomic mass is 9.80. The highest BCUT2D eigenvalue weighted by Gasteiger charge is 2.12. The summed E-state index contributed by atoms with van der Waals surface area (Å²) in [5.74, 6) is 0. The van der Waals surface area contributed by atoms with Gasteiger partial charge in [-0.3, -0.25) is 0 Å². The van der Waals surface area contributed by atoms with Crippen LogP contribution in [0.5, 0.6) is 0 Å². The molecule has 0 amide bonds. The van der Waals surface area contributed by atoms with E-state index in [-0.39, 0.29) is 0 Å². The first kappa shape index (κ1) is 11.7. The minimum Gasteiger partial charge on any atom is -0.456 e. The molecular formula is C13H13BO3. The Hall–Kier alpha value is -1.78. The van der Waals surface area contributed by atoms with Gasteiger partial charge in [-0.1, -0.05) is 30.9 Å². The molecule has 4 heteroatoms. The van der Waals surface area contributed by atoms with Gasteiger partial charge in [-0.25, -0.2) is 0 Å². The summed E-state index contributed by atoms with van der Waals surface area (Å²) in [5.41, 5.74) is 1.81. The van der Waals surface area contributed by atoms with E-state index in [9.17, 15) is 0 Å². The van der Waals surface area contributed by atoms with E-state index in [1.54, 1.807) is 18.2 Å². The molecule has 0 radical (unpaired) electrons. The van der Waals surface area contributed by atoms with Crippen molar-refractivity contribution in [3.63, 3.8) is 0 Å². The number of hydrogen-bond acceptors (Lipinski definition) is 3. The second-order valence-corrected chi connectivity index (χ2v) is 3.70. The molecule has 86 valence electrons. The summed E-state index contributed by atoms with van der Waals surface area (Å²) in [5, 5.41) is 20.1. The van der Waals surface area contributed by atoms with Crippen LogP contribution < -0.4 is 16.1 Å². The van der Waals surface area contributed by atoms with Gasteiger partial charge in [0.15, 0.2) is 0 Å². The topological polar surface area (TPSA) is 53.6 Å². The van der Waals surface area contributed by atoms with E-state index in [0.717, 1.165) is 16.0 Å². The summed E-state index contributed by atoms with van der Waals surface area (Å²) >= 11 is 0. The Labute approximate surface area is 99.1 Å². The van der Waals surface area contributed by atoms with Gasteiger partial charge in [-0.2, -0.15) is 0 Å². The van der Waals surface area contributed by atoms with Crippen LogP contribution in [-0.4, -0.2) is 17.2 Å². The molecule has 0 saturated carbocycles. The molecular weight excluding hydrogens is 215 g/mol. The van der Waals surface area contributed by atoms with E-state index in [4.69, 9.17) is 14.5 Å². The Morgan fingerprint density at radius 1 is 1.35 bits per heavy atom. The molecule has 17 heavy (non-hydrogen) atoms. The van der Waals surface area contributed by atoms with Crippen LogP contribution in [0.2, 0.25) is 0 Å². The quantitative estimate of drug-likeness (QED) is 0.704. The molecule has 0 unspecified atom stereocenters. The van der Waals surface area contributed by atoms with Crippen molar-refractivity contribution in [3.05, 3.63) is 41.5 Å². The molecule has 0 aliphatic heterocycles. The van der Waals surface area contributed by atoms with Gasteiger partial charge in [0.05, 0.1) is 0 Å². The van der Waals surface area contributed by atoms with Crippen LogP contribution in [0.15, 0.2) is 35.3 Å². The van der Waals surface area contributed by atoms with Crippen LogP contribution in [0.1, 0.15) is 6.92 Å². The van der Waals surface area contributed by atoms with Crippen molar-refractivity contribution in [2.45, 2.75) is 6.92 Å². The molecule has 3 nitrogen and oxygen atoms in total.